The van der Waals surface area contributed by atoms with Gasteiger partial charge in [0.2, 0.25) is 0 Å². The number of fused-ring (bicyclic) bond motifs is 2. The van der Waals surface area contributed by atoms with Crippen molar-refractivity contribution in [2.24, 2.45) is 16.7 Å². The van der Waals surface area contributed by atoms with Crippen LogP contribution in [0, 0.1) is 16.7 Å². The summed E-state index contributed by atoms with van der Waals surface area (Å²) < 4.78 is 47.0. The van der Waals surface area contributed by atoms with Crippen molar-refractivity contribution in [2.75, 3.05) is 53.3 Å². The molecule has 32 heavy (non-hydrogen) atoms. The molecule has 0 aromatic carbocycles. The molecular weight excluding hydrogens is 440 g/mol. The number of ether oxygens (including phenoxy) is 3. The zero-order valence-electron chi connectivity index (χ0n) is 19.3. The third-order valence-electron chi connectivity index (χ3n) is 7.46. The number of quaternary nitrogens is 1. The number of rotatable bonds is 5. The maximum atomic E-state index is 11.9. The van der Waals surface area contributed by atoms with Crippen molar-refractivity contribution >= 4 is 21.8 Å². The zero-order valence-corrected chi connectivity index (χ0v) is 20.1. The second kappa shape index (κ2) is 8.81. The number of likely N-dealkylation sites (N-methyl/N-ethyl adjacent to an activating group) is 1. The van der Waals surface area contributed by atoms with E-state index in [2.05, 4.69) is 22.0 Å². The fourth-order valence-corrected chi connectivity index (χ4v) is 6.42. The Morgan fingerprint density at radius 1 is 1.12 bits per heavy atom. The highest BCUT2D eigenvalue weighted by Crippen LogP contribution is 2.64. The smallest absolute Gasteiger partial charge is 0.338 e. The number of methoxy groups -OCH3 is 2. The van der Waals surface area contributed by atoms with E-state index >= 15 is 0 Å². The van der Waals surface area contributed by atoms with Crippen molar-refractivity contribution in [1.29, 1.82) is 0 Å². The van der Waals surface area contributed by atoms with E-state index in [9.17, 15) is 13.2 Å². The molecule has 2 heterocycles. The fraction of sp³-hybridized carbons (Fsp3) is 0.800. The van der Waals surface area contributed by atoms with Crippen LogP contribution in [0.2, 0.25) is 0 Å². The van der Waals surface area contributed by atoms with Crippen LogP contribution < -0.4 is 14.0 Å². The minimum absolute atomic E-state index is 0.0152. The Morgan fingerprint density at radius 2 is 1.69 bits per heavy atom. The van der Waals surface area contributed by atoms with E-state index in [4.69, 9.17) is 18.8 Å². The van der Waals surface area contributed by atoms with Crippen LogP contribution in [0.5, 0.6) is 12.0 Å². The third kappa shape index (κ3) is 4.59. The molecule has 0 spiro atoms. The minimum atomic E-state index is -4.08. The van der Waals surface area contributed by atoms with Crippen LogP contribution in [0.1, 0.15) is 33.1 Å². The Kier molecular flexibility index (Phi) is 6.81. The van der Waals surface area contributed by atoms with Gasteiger partial charge in [-0.3, -0.25) is 13.8 Å². The van der Waals surface area contributed by atoms with Crippen LogP contribution in [-0.2, 0) is 19.6 Å². The second-order valence-corrected chi connectivity index (χ2v) is 10.9. The molecule has 2 aliphatic carbocycles. The second-order valence-electron chi connectivity index (χ2n) is 9.46. The van der Waals surface area contributed by atoms with E-state index < -0.39 is 21.3 Å². The van der Waals surface area contributed by atoms with Gasteiger partial charge in [-0.2, -0.15) is 8.42 Å². The average Bonchev–Trinajstić information content (AvgIpc) is 3.07. The number of hydrogen-bond donors (Lipinski definition) is 1. The summed E-state index contributed by atoms with van der Waals surface area (Å²) in [5.41, 5.74) is -1.12. The molecule has 0 radical (unpaired) electrons. The van der Waals surface area contributed by atoms with E-state index in [-0.39, 0.29) is 29.1 Å². The Hall–Kier alpha value is -1.89. The van der Waals surface area contributed by atoms with E-state index in [0.29, 0.717) is 36.5 Å². The van der Waals surface area contributed by atoms with Crippen LogP contribution in [0.4, 0.5) is 5.95 Å². The molecular formula is C20H33N4O7S+. The topological polar surface area (TPSA) is 138 Å². The molecule has 1 aromatic rings. The van der Waals surface area contributed by atoms with Crippen molar-refractivity contribution in [2.45, 2.75) is 33.1 Å². The largest absolute Gasteiger partial charge is 0.466 e. The van der Waals surface area contributed by atoms with Gasteiger partial charge in [-0.25, -0.2) is 0 Å². The van der Waals surface area contributed by atoms with E-state index in [1.165, 1.54) is 14.2 Å². The van der Waals surface area contributed by atoms with Gasteiger partial charge in [0, 0.05) is 6.42 Å². The van der Waals surface area contributed by atoms with Crippen molar-refractivity contribution in [1.82, 2.24) is 19.4 Å². The van der Waals surface area contributed by atoms with Crippen molar-refractivity contribution in [3.63, 3.8) is 0 Å². The van der Waals surface area contributed by atoms with Gasteiger partial charge in [-0.05, 0) is 24.2 Å². The van der Waals surface area contributed by atoms with Gasteiger partial charge in [-0.15, -0.1) is 15.0 Å². The maximum absolute atomic E-state index is 11.9. The Balaban J connectivity index is 0.000000182. The number of Topliss-reactive ketones (excluding diaryl/α,β-unsaturated/α-hetero) is 1. The van der Waals surface area contributed by atoms with Crippen molar-refractivity contribution in [3.05, 3.63) is 0 Å². The summed E-state index contributed by atoms with van der Waals surface area (Å²) in [6, 6.07) is 0.551. The Bertz CT molecular complexity index is 940. The number of aromatic nitrogens is 3. The molecule has 2 bridgehead atoms. The van der Waals surface area contributed by atoms with Crippen molar-refractivity contribution < 1.29 is 32.0 Å². The van der Waals surface area contributed by atoms with Gasteiger partial charge >= 0.3 is 18.0 Å². The number of hydrogen-bond acceptors (Lipinski definition) is 9. The number of ketones is 1. The molecule has 1 saturated heterocycles. The van der Waals surface area contributed by atoms with Gasteiger partial charge in [0.15, 0.2) is 0 Å². The predicted octanol–water partition coefficient (Wildman–Crippen LogP) is 1.13. The number of carbonyl (C=O) groups excluding carboxylic acids is 1. The van der Waals surface area contributed by atoms with Crippen molar-refractivity contribution in [3.8, 4) is 12.0 Å². The highest BCUT2D eigenvalue weighted by molar-refractivity contribution is 7.85. The first-order chi connectivity index (χ1) is 14.9. The molecule has 2 atom stereocenters. The third-order valence-corrected chi connectivity index (χ3v) is 8.31. The molecule has 12 heteroatoms. The summed E-state index contributed by atoms with van der Waals surface area (Å²) in [7, 11) is 1.04. The maximum Gasteiger partial charge on any atom is 0.338 e. The monoisotopic (exact) mass is 473 g/mol. The lowest BCUT2D eigenvalue weighted by Gasteiger charge is -2.35. The first kappa shape index (κ1) is 24.7. The molecule has 1 N–H and O–H groups in total. The van der Waals surface area contributed by atoms with Gasteiger partial charge in [-0.1, -0.05) is 13.8 Å². The molecule has 3 fully saturated rings. The van der Waals surface area contributed by atoms with E-state index in [1.54, 1.807) is 0 Å². The van der Waals surface area contributed by atoms with Gasteiger partial charge in [0.05, 0.1) is 45.6 Å². The van der Waals surface area contributed by atoms with Crippen LogP contribution in [0.15, 0.2) is 0 Å². The molecule has 1 aromatic heterocycles. The predicted molar refractivity (Wildman–Crippen MR) is 116 cm³/mol. The summed E-state index contributed by atoms with van der Waals surface area (Å²) >= 11 is 0. The SMILES string of the molecule is CC1(C)C2CCC1(CS(=O)(=O)O)C(=O)C2.COc1nc(OC)nc([N+]2(C)CCOCC2)n1. The highest BCUT2D eigenvalue weighted by atomic mass is 32.2. The Morgan fingerprint density at radius 3 is 2.09 bits per heavy atom. The standard InChI is InChI=1S/C10H17N4O3.C10H16O4S/c1-14(4-6-17-7-5-14)8-11-9(15-2)13-10(12-8)16-3;1-9(2)7-3-4-10(9,8(11)5-7)6-15(12,13)14/h4-7H2,1-3H3;7H,3-6H2,1-2H3,(H,12,13,14)/q+1;. The number of morpholine rings is 1. The molecule has 3 aliphatic rings. The van der Waals surface area contributed by atoms with Gasteiger partial charge < -0.3 is 14.2 Å². The van der Waals surface area contributed by atoms with Crippen LogP contribution in [-0.4, -0.2) is 87.0 Å². The summed E-state index contributed by atoms with van der Waals surface area (Å²) in [5, 5.41) is 0. The summed E-state index contributed by atoms with van der Waals surface area (Å²) in [6.45, 7) is 6.95. The summed E-state index contributed by atoms with van der Waals surface area (Å²) in [4.78, 5) is 24.4. The summed E-state index contributed by atoms with van der Waals surface area (Å²) in [6.07, 6.45) is 1.97. The molecule has 0 amide bonds. The van der Waals surface area contributed by atoms with Gasteiger partial charge in [0.1, 0.15) is 18.9 Å². The molecule has 180 valence electrons. The average molecular weight is 474 g/mol. The summed E-state index contributed by atoms with van der Waals surface area (Å²) in [5.74, 6) is 0.549. The van der Waals surface area contributed by atoms with Crippen LogP contribution >= 0.6 is 0 Å². The lowest BCUT2D eigenvalue weighted by molar-refractivity contribution is -0.128. The first-order valence-corrected chi connectivity index (χ1v) is 12.2. The fourth-order valence-electron chi connectivity index (χ4n) is 5.12. The van der Waals surface area contributed by atoms with E-state index in [0.717, 1.165) is 19.5 Å². The normalized spacial score (nSPS) is 28.1. The highest BCUT2D eigenvalue weighted by Gasteiger charge is 2.65. The van der Waals surface area contributed by atoms with Crippen LogP contribution in [0.3, 0.4) is 0 Å². The molecule has 11 nitrogen and oxygen atoms in total. The molecule has 4 rings (SSSR count). The molecule has 1 aliphatic heterocycles. The molecule has 2 unspecified atom stereocenters. The number of carbonyl (C=O) groups is 1. The lowest BCUT2D eigenvalue weighted by Crippen LogP contribution is -2.54. The number of nitrogens with zero attached hydrogens (tertiary/aromatic N) is 4. The minimum Gasteiger partial charge on any atom is -0.466 e. The van der Waals surface area contributed by atoms with E-state index in [1.807, 2.05) is 13.8 Å². The Labute approximate surface area is 188 Å². The van der Waals surface area contributed by atoms with Crippen LogP contribution in [0.25, 0.3) is 0 Å². The lowest BCUT2D eigenvalue weighted by atomic mass is 9.70. The quantitative estimate of drug-likeness (QED) is 0.489. The van der Waals surface area contributed by atoms with Gasteiger partial charge in [0.25, 0.3) is 10.1 Å². The first-order valence-electron chi connectivity index (χ1n) is 10.6. The zero-order chi connectivity index (χ0) is 23.8. The molecule has 2 saturated carbocycles.